The van der Waals surface area contributed by atoms with Gasteiger partial charge >= 0.3 is 0 Å². The second-order valence-corrected chi connectivity index (χ2v) is 12.0. The molecule has 208 valence electrons. The Morgan fingerprint density at radius 3 is 1.60 bits per heavy atom. The second kappa shape index (κ2) is 9.29. The summed E-state index contributed by atoms with van der Waals surface area (Å²) in [6, 6.07) is 57.4. The minimum atomic E-state index is 0.914. The fourth-order valence-electron chi connectivity index (χ4n) is 7.61. The van der Waals surface area contributed by atoms with Gasteiger partial charge < -0.3 is 4.42 Å². The van der Waals surface area contributed by atoms with Crippen LogP contribution >= 0.6 is 0 Å². The van der Waals surface area contributed by atoms with Crippen molar-refractivity contribution < 1.29 is 4.42 Å². The fourth-order valence-corrected chi connectivity index (χ4v) is 7.61. The lowest BCUT2D eigenvalue weighted by Crippen LogP contribution is -1.92. The van der Waals surface area contributed by atoms with Crippen LogP contribution in [0.1, 0.15) is 0 Å². The van der Waals surface area contributed by atoms with Gasteiger partial charge in [-0.15, -0.1) is 0 Å². The first-order valence-corrected chi connectivity index (χ1v) is 15.5. The van der Waals surface area contributed by atoms with E-state index in [-0.39, 0.29) is 0 Å². The third-order valence-corrected chi connectivity index (χ3v) is 9.60. The van der Waals surface area contributed by atoms with Gasteiger partial charge in [0.2, 0.25) is 0 Å². The number of benzene rings is 9. The molecule has 0 atom stereocenters. The molecule has 9 aromatic carbocycles. The lowest BCUT2D eigenvalue weighted by Gasteiger charge is -2.19. The molecule has 45 heavy (non-hydrogen) atoms. The molecule has 0 bridgehead atoms. The van der Waals surface area contributed by atoms with E-state index in [9.17, 15) is 0 Å². The quantitative estimate of drug-likeness (QED) is 0.149. The van der Waals surface area contributed by atoms with Gasteiger partial charge in [-0.05, 0) is 100 Å². The molecule has 10 aromatic rings. The van der Waals surface area contributed by atoms with Gasteiger partial charge in [0.05, 0.1) is 0 Å². The maximum absolute atomic E-state index is 6.38. The minimum Gasteiger partial charge on any atom is -0.456 e. The molecule has 0 radical (unpaired) electrons. The standard InChI is InChI=1S/C44H26O/c1-2-12-30-26-41-39(24-29(30)11-1)38-25-31(22-23-40(38)45-41)43-33-15-5-7-17-35(33)44(36-18-8-6-16-34(36)43)37-19-9-13-28-21-20-27-10-3-4-14-32(27)42(28)37/h1-26H. The average Bonchev–Trinajstić information content (AvgIpc) is 3.45. The van der Waals surface area contributed by atoms with Gasteiger partial charge in [-0.25, -0.2) is 0 Å². The highest BCUT2D eigenvalue weighted by molar-refractivity contribution is 6.26. The molecule has 0 N–H and O–H groups in total. The third kappa shape index (κ3) is 3.56. The van der Waals surface area contributed by atoms with Crippen molar-refractivity contribution in [1.29, 1.82) is 0 Å². The molecule has 0 saturated carbocycles. The molecule has 1 heteroatoms. The van der Waals surface area contributed by atoms with Crippen molar-refractivity contribution in [2.75, 3.05) is 0 Å². The highest BCUT2D eigenvalue weighted by Gasteiger charge is 2.19. The van der Waals surface area contributed by atoms with Crippen molar-refractivity contribution in [3.63, 3.8) is 0 Å². The number of rotatable bonds is 2. The zero-order chi connectivity index (χ0) is 29.5. The van der Waals surface area contributed by atoms with Crippen molar-refractivity contribution in [1.82, 2.24) is 0 Å². The number of fused-ring (bicyclic) bond motifs is 9. The topological polar surface area (TPSA) is 13.1 Å². The molecule has 0 amide bonds. The van der Waals surface area contributed by atoms with Crippen molar-refractivity contribution in [3.8, 4) is 22.3 Å². The van der Waals surface area contributed by atoms with E-state index in [0.717, 1.165) is 21.9 Å². The summed E-state index contributed by atoms with van der Waals surface area (Å²) in [7, 11) is 0. The fraction of sp³-hybridized carbons (Fsp3) is 0. The van der Waals surface area contributed by atoms with Gasteiger partial charge in [-0.1, -0.05) is 133 Å². The van der Waals surface area contributed by atoms with Crippen LogP contribution in [-0.4, -0.2) is 0 Å². The average molecular weight is 571 g/mol. The zero-order valence-corrected chi connectivity index (χ0v) is 24.4. The minimum absolute atomic E-state index is 0.914. The summed E-state index contributed by atoms with van der Waals surface area (Å²) in [6.45, 7) is 0. The molecule has 1 heterocycles. The Balaban J connectivity index is 1.32. The van der Waals surface area contributed by atoms with E-state index in [4.69, 9.17) is 4.42 Å². The summed E-state index contributed by atoms with van der Waals surface area (Å²) in [5.74, 6) is 0. The van der Waals surface area contributed by atoms with Gasteiger partial charge in [-0.2, -0.15) is 0 Å². The molecular weight excluding hydrogens is 544 g/mol. The zero-order valence-electron chi connectivity index (χ0n) is 24.4. The Morgan fingerprint density at radius 1 is 0.311 bits per heavy atom. The largest absolute Gasteiger partial charge is 0.456 e. The van der Waals surface area contributed by atoms with Crippen LogP contribution in [0.5, 0.6) is 0 Å². The maximum Gasteiger partial charge on any atom is 0.136 e. The van der Waals surface area contributed by atoms with Crippen LogP contribution in [0.25, 0.3) is 98.1 Å². The van der Waals surface area contributed by atoms with E-state index in [0.29, 0.717) is 0 Å². The lowest BCUT2D eigenvalue weighted by atomic mass is 9.84. The monoisotopic (exact) mass is 570 g/mol. The smallest absolute Gasteiger partial charge is 0.136 e. The lowest BCUT2D eigenvalue weighted by molar-refractivity contribution is 0.669. The predicted octanol–water partition coefficient (Wildman–Crippen LogP) is 12.7. The summed E-state index contributed by atoms with van der Waals surface area (Å²) in [5, 5.41) is 14.8. The van der Waals surface area contributed by atoms with Gasteiger partial charge in [-0.3, -0.25) is 0 Å². The highest BCUT2D eigenvalue weighted by Crippen LogP contribution is 2.47. The Hall–Kier alpha value is -5.92. The van der Waals surface area contributed by atoms with Crippen LogP contribution in [-0.2, 0) is 0 Å². The molecule has 10 rings (SSSR count). The number of hydrogen-bond acceptors (Lipinski definition) is 1. The summed E-state index contributed by atoms with van der Waals surface area (Å²) in [6.07, 6.45) is 0. The molecule has 0 saturated heterocycles. The summed E-state index contributed by atoms with van der Waals surface area (Å²) >= 11 is 0. The van der Waals surface area contributed by atoms with Gasteiger partial charge in [0.1, 0.15) is 11.2 Å². The van der Waals surface area contributed by atoms with Crippen LogP contribution in [0, 0.1) is 0 Å². The molecule has 0 aliphatic rings. The molecule has 0 spiro atoms. The summed E-state index contributed by atoms with van der Waals surface area (Å²) in [5.41, 5.74) is 6.85. The van der Waals surface area contributed by atoms with Gasteiger partial charge in [0.25, 0.3) is 0 Å². The van der Waals surface area contributed by atoms with Crippen molar-refractivity contribution in [2.24, 2.45) is 0 Å². The van der Waals surface area contributed by atoms with Crippen molar-refractivity contribution >= 4 is 75.8 Å². The summed E-state index contributed by atoms with van der Waals surface area (Å²) in [4.78, 5) is 0. The summed E-state index contributed by atoms with van der Waals surface area (Å²) < 4.78 is 6.38. The normalized spacial score (nSPS) is 12.0. The highest BCUT2D eigenvalue weighted by atomic mass is 16.3. The SMILES string of the molecule is c1ccc2cc3c(cc2c1)oc1ccc(-c2c4ccccc4c(-c4cccc5ccc6ccccc6c45)c4ccccc24)cc13. The van der Waals surface area contributed by atoms with E-state index in [1.165, 1.54) is 76.1 Å². The first kappa shape index (κ1) is 24.5. The van der Waals surface area contributed by atoms with E-state index >= 15 is 0 Å². The second-order valence-electron chi connectivity index (χ2n) is 12.0. The number of hydrogen-bond donors (Lipinski definition) is 0. The Bertz CT molecular complexity index is 2760. The molecule has 1 nitrogen and oxygen atoms in total. The van der Waals surface area contributed by atoms with E-state index in [1.807, 2.05) is 0 Å². The Morgan fingerprint density at radius 2 is 0.867 bits per heavy atom. The Kier molecular flexibility index (Phi) is 5.06. The van der Waals surface area contributed by atoms with Crippen LogP contribution in [0.2, 0.25) is 0 Å². The predicted molar refractivity (Wildman–Crippen MR) is 192 cm³/mol. The molecule has 0 unspecified atom stereocenters. The van der Waals surface area contributed by atoms with Crippen molar-refractivity contribution in [3.05, 3.63) is 158 Å². The third-order valence-electron chi connectivity index (χ3n) is 9.60. The van der Waals surface area contributed by atoms with Crippen LogP contribution in [0.15, 0.2) is 162 Å². The molecular formula is C44H26O. The first-order valence-electron chi connectivity index (χ1n) is 15.5. The Labute approximate surface area is 259 Å². The van der Waals surface area contributed by atoms with Gasteiger partial charge in [0.15, 0.2) is 0 Å². The molecule has 0 aliphatic heterocycles. The first-order chi connectivity index (χ1) is 22.3. The molecule has 0 fully saturated rings. The van der Waals surface area contributed by atoms with E-state index in [1.54, 1.807) is 0 Å². The molecule has 1 aromatic heterocycles. The van der Waals surface area contributed by atoms with Crippen LogP contribution in [0.4, 0.5) is 0 Å². The molecule has 0 aliphatic carbocycles. The van der Waals surface area contributed by atoms with E-state index in [2.05, 4.69) is 158 Å². The van der Waals surface area contributed by atoms with Gasteiger partial charge in [0, 0.05) is 10.8 Å². The van der Waals surface area contributed by atoms with E-state index < -0.39 is 0 Å². The van der Waals surface area contributed by atoms with Crippen LogP contribution in [0.3, 0.4) is 0 Å². The number of furan rings is 1. The van der Waals surface area contributed by atoms with Crippen LogP contribution < -0.4 is 0 Å². The van der Waals surface area contributed by atoms with Crippen molar-refractivity contribution in [2.45, 2.75) is 0 Å². The maximum atomic E-state index is 6.38.